The van der Waals surface area contributed by atoms with Crippen molar-refractivity contribution in [3.8, 4) is 0 Å². The third-order valence-electron chi connectivity index (χ3n) is 2.54. The van der Waals surface area contributed by atoms with Crippen LogP contribution in [0, 0.1) is 0 Å². The zero-order valence-electron chi connectivity index (χ0n) is 8.44. The Labute approximate surface area is 101 Å². The molecule has 16 heavy (non-hydrogen) atoms. The molecule has 1 aromatic carbocycles. The summed E-state index contributed by atoms with van der Waals surface area (Å²) < 4.78 is 0.844. The van der Waals surface area contributed by atoms with E-state index >= 15 is 0 Å². The maximum Gasteiger partial charge on any atom is 0.323 e. The number of carbonyl (C=O) groups excluding carboxylic acids is 1. The van der Waals surface area contributed by atoms with Crippen LogP contribution in [-0.4, -0.2) is 23.5 Å². The number of nitrogens with zero attached hydrogens (tertiary/aromatic N) is 1. The molecule has 4 nitrogen and oxygen atoms in total. The van der Waals surface area contributed by atoms with Crippen molar-refractivity contribution in [1.82, 2.24) is 0 Å². The number of anilines is 1. The fourth-order valence-corrected chi connectivity index (χ4v) is 2.17. The predicted molar refractivity (Wildman–Crippen MR) is 62.5 cm³/mol. The van der Waals surface area contributed by atoms with Crippen LogP contribution < -0.4 is 4.90 Å². The van der Waals surface area contributed by atoms with Gasteiger partial charge in [0.15, 0.2) is 0 Å². The topological polar surface area (TPSA) is 57.6 Å². The molecule has 0 unspecified atom stereocenters. The van der Waals surface area contributed by atoms with Gasteiger partial charge in [-0.05, 0) is 24.1 Å². The molecule has 0 fully saturated rings. The van der Waals surface area contributed by atoms with Gasteiger partial charge in [0.05, 0.1) is 0 Å². The van der Waals surface area contributed by atoms with Crippen LogP contribution >= 0.6 is 15.9 Å². The van der Waals surface area contributed by atoms with E-state index < -0.39 is 5.97 Å². The van der Waals surface area contributed by atoms with Gasteiger partial charge in [0, 0.05) is 16.6 Å². The number of fused-ring (bicyclic) bond motifs is 1. The quantitative estimate of drug-likeness (QED) is 0.901. The fourth-order valence-electron chi connectivity index (χ4n) is 1.82. The van der Waals surface area contributed by atoms with Gasteiger partial charge >= 0.3 is 5.97 Å². The first kappa shape index (κ1) is 11.1. The lowest BCUT2D eigenvalue weighted by molar-refractivity contribution is -0.136. The minimum absolute atomic E-state index is 0.131. The number of benzene rings is 1. The van der Waals surface area contributed by atoms with Crippen molar-refractivity contribution >= 4 is 33.5 Å². The summed E-state index contributed by atoms with van der Waals surface area (Å²) in [6, 6.07) is 5.60. The Hall–Kier alpha value is -1.36. The van der Waals surface area contributed by atoms with Crippen LogP contribution in [0.4, 0.5) is 5.69 Å². The van der Waals surface area contributed by atoms with Gasteiger partial charge in [-0.15, -0.1) is 0 Å². The number of aryl methyl sites for hydroxylation is 1. The first-order chi connectivity index (χ1) is 7.58. The van der Waals surface area contributed by atoms with Crippen LogP contribution in [0.25, 0.3) is 0 Å². The van der Waals surface area contributed by atoms with Gasteiger partial charge < -0.3 is 10.0 Å². The monoisotopic (exact) mass is 283 g/mol. The molecular formula is C11H10BrNO3. The summed E-state index contributed by atoms with van der Waals surface area (Å²) in [5.41, 5.74) is 1.72. The van der Waals surface area contributed by atoms with Crippen molar-refractivity contribution in [1.29, 1.82) is 0 Å². The zero-order valence-corrected chi connectivity index (χ0v) is 10.0. The summed E-state index contributed by atoms with van der Waals surface area (Å²) in [7, 11) is 0. The van der Waals surface area contributed by atoms with Crippen LogP contribution in [-0.2, 0) is 16.0 Å². The second-order valence-electron chi connectivity index (χ2n) is 3.65. The van der Waals surface area contributed by atoms with E-state index in [1.165, 1.54) is 4.90 Å². The molecule has 0 aliphatic carbocycles. The molecule has 0 saturated carbocycles. The zero-order chi connectivity index (χ0) is 11.7. The highest BCUT2D eigenvalue weighted by molar-refractivity contribution is 9.10. The molecule has 84 valence electrons. The summed E-state index contributed by atoms with van der Waals surface area (Å²) in [4.78, 5) is 23.7. The van der Waals surface area contributed by atoms with Gasteiger partial charge in [0.2, 0.25) is 5.91 Å². The van der Waals surface area contributed by atoms with Crippen LogP contribution in [0.15, 0.2) is 22.7 Å². The molecule has 1 heterocycles. The predicted octanol–water partition coefficient (Wildman–Crippen LogP) is 1.81. The van der Waals surface area contributed by atoms with E-state index in [-0.39, 0.29) is 12.5 Å². The number of carbonyl (C=O) groups is 2. The van der Waals surface area contributed by atoms with E-state index in [0.29, 0.717) is 18.5 Å². The second-order valence-corrected chi connectivity index (χ2v) is 4.56. The van der Waals surface area contributed by atoms with Crippen molar-refractivity contribution in [3.63, 3.8) is 0 Å². The van der Waals surface area contributed by atoms with Crippen LogP contribution in [0.5, 0.6) is 0 Å². The maximum atomic E-state index is 11.7. The lowest BCUT2D eigenvalue weighted by atomic mass is 10.0. The lowest BCUT2D eigenvalue weighted by Crippen LogP contribution is -2.38. The number of aliphatic carboxylic acids is 1. The van der Waals surface area contributed by atoms with Crippen molar-refractivity contribution in [2.75, 3.05) is 11.4 Å². The molecule has 5 heteroatoms. The Bertz CT molecular complexity index is 459. The molecule has 2 rings (SSSR count). The minimum Gasteiger partial charge on any atom is -0.480 e. The second kappa shape index (κ2) is 4.25. The maximum absolute atomic E-state index is 11.7. The molecule has 1 aliphatic heterocycles. The Balaban J connectivity index is 2.42. The van der Waals surface area contributed by atoms with E-state index in [0.717, 1.165) is 10.0 Å². The van der Waals surface area contributed by atoms with Gasteiger partial charge in [-0.3, -0.25) is 9.59 Å². The average Bonchev–Trinajstić information content (AvgIpc) is 2.22. The molecule has 0 bridgehead atoms. The Kier molecular flexibility index (Phi) is 2.96. The Morgan fingerprint density at radius 3 is 2.88 bits per heavy atom. The van der Waals surface area contributed by atoms with Gasteiger partial charge in [-0.25, -0.2) is 0 Å². The molecule has 1 aliphatic rings. The number of carboxylic acids is 1. The number of halogens is 1. The highest BCUT2D eigenvalue weighted by atomic mass is 79.9. The first-order valence-electron chi connectivity index (χ1n) is 4.88. The van der Waals surface area contributed by atoms with Crippen molar-refractivity contribution in [2.24, 2.45) is 0 Å². The number of rotatable bonds is 2. The number of amides is 1. The molecule has 0 atom stereocenters. The van der Waals surface area contributed by atoms with E-state index in [9.17, 15) is 9.59 Å². The van der Waals surface area contributed by atoms with Crippen LogP contribution in [0.1, 0.15) is 12.0 Å². The first-order valence-corrected chi connectivity index (χ1v) is 5.68. The number of hydrogen-bond acceptors (Lipinski definition) is 2. The third kappa shape index (κ3) is 2.09. The van der Waals surface area contributed by atoms with Crippen LogP contribution in [0.2, 0.25) is 0 Å². The minimum atomic E-state index is -0.999. The lowest BCUT2D eigenvalue weighted by Gasteiger charge is -2.28. The smallest absolute Gasteiger partial charge is 0.323 e. The van der Waals surface area contributed by atoms with Gasteiger partial charge in [0.25, 0.3) is 0 Å². The van der Waals surface area contributed by atoms with Crippen molar-refractivity contribution < 1.29 is 14.7 Å². The van der Waals surface area contributed by atoms with Crippen LogP contribution in [0.3, 0.4) is 0 Å². The summed E-state index contributed by atoms with van der Waals surface area (Å²) in [5, 5.41) is 8.77. The normalized spacial score (nSPS) is 14.8. The molecule has 1 N–H and O–H groups in total. The molecule has 1 aromatic rings. The molecule has 0 radical (unpaired) electrons. The highest BCUT2D eigenvalue weighted by Gasteiger charge is 2.25. The molecular weight excluding hydrogens is 274 g/mol. The summed E-state index contributed by atoms with van der Waals surface area (Å²) in [5.74, 6) is -1.13. The Morgan fingerprint density at radius 1 is 1.44 bits per heavy atom. The molecule has 1 amide bonds. The highest BCUT2D eigenvalue weighted by Crippen LogP contribution is 2.30. The number of carboxylic acid groups (broad SMARTS) is 1. The van der Waals surface area contributed by atoms with Gasteiger partial charge in [-0.1, -0.05) is 22.0 Å². The summed E-state index contributed by atoms with van der Waals surface area (Å²) in [6.07, 6.45) is 1.06. The van der Waals surface area contributed by atoms with E-state index in [2.05, 4.69) is 15.9 Å². The number of hydrogen-bond donors (Lipinski definition) is 1. The Morgan fingerprint density at radius 2 is 2.19 bits per heavy atom. The van der Waals surface area contributed by atoms with Gasteiger partial charge in [-0.2, -0.15) is 0 Å². The third-order valence-corrected chi connectivity index (χ3v) is 3.03. The fraction of sp³-hybridized carbons (Fsp3) is 0.273. The van der Waals surface area contributed by atoms with Gasteiger partial charge in [0.1, 0.15) is 6.54 Å². The van der Waals surface area contributed by atoms with E-state index in [1.807, 2.05) is 12.1 Å². The van der Waals surface area contributed by atoms with E-state index in [1.54, 1.807) is 6.07 Å². The summed E-state index contributed by atoms with van der Waals surface area (Å²) in [6.45, 7) is -0.276. The van der Waals surface area contributed by atoms with Crippen molar-refractivity contribution in [2.45, 2.75) is 12.8 Å². The standard InChI is InChI=1S/C11H10BrNO3/c12-8-3-1-7-2-4-10(14)13(6-11(15)16)9(7)5-8/h1,3,5H,2,4,6H2,(H,15,16). The summed E-state index contributed by atoms with van der Waals surface area (Å²) >= 11 is 3.32. The molecule has 0 spiro atoms. The average molecular weight is 284 g/mol. The van der Waals surface area contributed by atoms with E-state index in [4.69, 9.17) is 5.11 Å². The molecule has 0 aromatic heterocycles. The largest absolute Gasteiger partial charge is 0.480 e. The molecule has 0 saturated heterocycles. The SMILES string of the molecule is O=C(O)CN1C(=O)CCc2ccc(Br)cc21. The van der Waals surface area contributed by atoms with Crippen molar-refractivity contribution in [3.05, 3.63) is 28.2 Å².